The van der Waals surface area contributed by atoms with Crippen LogP contribution in [0.5, 0.6) is 0 Å². The van der Waals surface area contributed by atoms with Crippen LogP contribution in [0.2, 0.25) is 0 Å². The van der Waals surface area contributed by atoms with E-state index in [9.17, 15) is 13.6 Å². The van der Waals surface area contributed by atoms with Gasteiger partial charge < -0.3 is 10.1 Å². The van der Waals surface area contributed by atoms with E-state index in [1.165, 1.54) is 6.07 Å². The molecule has 0 saturated heterocycles. The highest BCUT2D eigenvalue weighted by atomic mass is 19.1. The quantitative estimate of drug-likeness (QED) is 0.935. The molecule has 0 atom stereocenters. The van der Waals surface area contributed by atoms with E-state index in [1.54, 1.807) is 0 Å². The Balaban J connectivity index is 1.80. The first-order valence-electron chi connectivity index (χ1n) is 7.87. The zero-order valence-electron chi connectivity index (χ0n) is 13.6. The predicted octanol–water partition coefficient (Wildman–Crippen LogP) is 2.74. The van der Waals surface area contributed by atoms with Crippen LogP contribution in [0, 0.1) is 11.6 Å². The fourth-order valence-electron chi connectivity index (χ4n) is 2.80. The molecule has 1 aliphatic rings. The maximum Gasteiger partial charge on any atom is 0.272 e. The number of nitrogens with zero attached hydrogens (tertiary/aromatic N) is 2. The van der Waals surface area contributed by atoms with E-state index in [0.717, 1.165) is 23.4 Å². The second kappa shape index (κ2) is 6.68. The highest BCUT2D eigenvalue weighted by Crippen LogP contribution is 2.23. The maximum absolute atomic E-state index is 13.7. The third kappa shape index (κ3) is 3.17. The van der Waals surface area contributed by atoms with E-state index >= 15 is 0 Å². The van der Waals surface area contributed by atoms with Crippen LogP contribution in [0.25, 0.3) is 0 Å². The summed E-state index contributed by atoms with van der Waals surface area (Å²) in [6.07, 6.45) is 0.709. The maximum atomic E-state index is 13.7. The van der Waals surface area contributed by atoms with Crippen molar-refractivity contribution in [2.45, 2.75) is 39.5 Å². The number of carbonyl (C=O) groups is 1. The molecular weight excluding hydrogens is 316 g/mol. The Morgan fingerprint density at radius 2 is 2.21 bits per heavy atom. The molecule has 0 spiro atoms. The van der Waals surface area contributed by atoms with E-state index < -0.39 is 11.6 Å². The molecule has 1 aromatic heterocycles. The van der Waals surface area contributed by atoms with Crippen LogP contribution in [-0.2, 0) is 24.3 Å². The van der Waals surface area contributed by atoms with Crippen LogP contribution >= 0.6 is 0 Å². The lowest BCUT2D eigenvalue weighted by atomic mass is 10.1. The summed E-state index contributed by atoms with van der Waals surface area (Å²) >= 11 is 0. The first-order valence-corrected chi connectivity index (χ1v) is 7.87. The normalized spacial score (nSPS) is 13.9. The fourth-order valence-corrected chi connectivity index (χ4v) is 2.80. The molecule has 0 fully saturated rings. The van der Waals surface area contributed by atoms with E-state index in [4.69, 9.17) is 4.74 Å². The van der Waals surface area contributed by atoms with E-state index in [1.807, 2.05) is 18.5 Å². The lowest BCUT2D eigenvalue weighted by molar-refractivity contribution is 0.0922. The molecule has 1 amide bonds. The van der Waals surface area contributed by atoms with Crippen LogP contribution in [0.15, 0.2) is 18.2 Å². The molecule has 128 valence electrons. The van der Waals surface area contributed by atoms with Crippen molar-refractivity contribution in [3.05, 3.63) is 52.3 Å². The lowest BCUT2D eigenvalue weighted by Gasteiger charge is -2.16. The van der Waals surface area contributed by atoms with Crippen molar-refractivity contribution in [2.24, 2.45) is 0 Å². The van der Waals surface area contributed by atoms with E-state index in [0.29, 0.717) is 25.3 Å². The molecule has 1 aromatic carbocycles. The number of amides is 1. The van der Waals surface area contributed by atoms with Gasteiger partial charge in [-0.15, -0.1) is 0 Å². The predicted molar refractivity (Wildman–Crippen MR) is 83.5 cm³/mol. The molecule has 0 radical (unpaired) electrons. The van der Waals surface area contributed by atoms with Crippen molar-refractivity contribution >= 4 is 5.91 Å². The average molecular weight is 335 g/mol. The van der Waals surface area contributed by atoms with Gasteiger partial charge in [-0.05, 0) is 19.9 Å². The Bertz CT molecular complexity index is 771. The topological polar surface area (TPSA) is 56.2 Å². The Morgan fingerprint density at radius 1 is 1.42 bits per heavy atom. The summed E-state index contributed by atoms with van der Waals surface area (Å²) in [6, 6.07) is 3.40. The van der Waals surface area contributed by atoms with Crippen molar-refractivity contribution in [1.82, 2.24) is 15.1 Å². The second-order valence-corrected chi connectivity index (χ2v) is 6.03. The number of halogens is 2. The third-order valence-corrected chi connectivity index (χ3v) is 4.01. The minimum absolute atomic E-state index is 0.0326. The van der Waals surface area contributed by atoms with Gasteiger partial charge >= 0.3 is 0 Å². The number of benzene rings is 1. The molecule has 0 bridgehead atoms. The summed E-state index contributed by atoms with van der Waals surface area (Å²) in [6.45, 7) is 4.91. The second-order valence-electron chi connectivity index (χ2n) is 6.03. The number of hydrogen-bond acceptors (Lipinski definition) is 3. The van der Waals surface area contributed by atoms with Crippen molar-refractivity contribution in [2.75, 3.05) is 6.61 Å². The van der Waals surface area contributed by atoms with Crippen molar-refractivity contribution in [1.29, 1.82) is 0 Å². The summed E-state index contributed by atoms with van der Waals surface area (Å²) in [5, 5.41) is 7.06. The highest BCUT2D eigenvalue weighted by molar-refractivity contribution is 5.94. The number of fused-ring (bicyclic) bond motifs is 1. The van der Waals surface area contributed by atoms with Gasteiger partial charge in [-0.3, -0.25) is 9.48 Å². The lowest BCUT2D eigenvalue weighted by Crippen LogP contribution is -2.25. The smallest absolute Gasteiger partial charge is 0.272 e. The van der Waals surface area contributed by atoms with Gasteiger partial charge in [0.25, 0.3) is 5.91 Å². The van der Waals surface area contributed by atoms with E-state index in [2.05, 4.69) is 10.4 Å². The first kappa shape index (κ1) is 16.6. The molecule has 2 heterocycles. The SMILES string of the molecule is CC(C)n1nc(C(=O)NCc2ccc(F)cc2F)c2c1CCOC2. The summed E-state index contributed by atoms with van der Waals surface area (Å²) in [5.41, 5.74) is 2.32. The fraction of sp³-hybridized carbons (Fsp3) is 0.412. The monoisotopic (exact) mass is 335 g/mol. The zero-order chi connectivity index (χ0) is 17.3. The van der Waals surface area contributed by atoms with Crippen molar-refractivity contribution in [3.8, 4) is 0 Å². The minimum Gasteiger partial charge on any atom is -0.376 e. The van der Waals surface area contributed by atoms with Crippen LogP contribution in [0.4, 0.5) is 8.78 Å². The number of ether oxygens (including phenoxy) is 1. The van der Waals surface area contributed by atoms with Gasteiger partial charge in [-0.25, -0.2) is 8.78 Å². The number of carbonyl (C=O) groups excluding carboxylic acids is 1. The number of aromatic nitrogens is 2. The number of rotatable bonds is 4. The van der Waals surface area contributed by atoms with Gasteiger partial charge in [0, 0.05) is 41.9 Å². The Hall–Kier alpha value is -2.28. The molecule has 0 unspecified atom stereocenters. The molecule has 1 aliphatic heterocycles. The van der Waals surface area contributed by atoms with Gasteiger partial charge in [-0.2, -0.15) is 5.10 Å². The zero-order valence-corrected chi connectivity index (χ0v) is 13.6. The van der Waals surface area contributed by atoms with Crippen molar-refractivity contribution < 1.29 is 18.3 Å². The summed E-state index contributed by atoms with van der Waals surface area (Å²) in [4.78, 5) is 12.5. The molecule has 0 saturated carbocycles. The summed E-state index contributed by atoms with van der Waals surface area (Å²) in [7, 11) is 0. The van der Waals surface area contributed by atoms with Gasteiger partial charge in [0.1, 0.15) is 11.6 Å². The Labute approximate surface area is 138 Å². The van der Waals surface area contributed by atoms with Crippen LogP contribution in [-0.4, -0.2) is 22.3 Å². The van der Waals surface area contributed by atoms with Gasteiger partial charge in [0.2, 0.25) is 0 Å². The third-order valence-electron chi connectivity index (χ3n) is 4.01. The van der Waals surface area contributed by atoms with E-state index in [-0.39, 0.29) is 24.1 Å². The van der Waals surface area contributed by atoms with Gasteiger partial charge in [-0.1, -0.05) is 6.07 Å². The molecule has 1 N–H and O–H groups in total. The molecule has 5 nitrogen and oxygen atoms in total. The largest absolute Gasteiger partial charge is 0.376 e. The minimum atomic E-state index is -0.687. The van der Waals surface area contributed by atoms with Crippen LogP contribution in [0.3, 0.4) is 0 Å². The van der Waals surface area contributed by atoms with Crippen LogP contribution in [0.1, 0.15) is 47.2 Å². The molecule has 0 aliphatic carbocycles. The summed E-state index contributed by atoms with van der Waals surface area (Å²) in [5.74, 6) is -1.72. The molecule has 7 heteroatoms. The Morgan fingerprint density at radius 3 is 2.92 bits per heavy atom. The average Bonchev–Trinajstić information content (AvgIpc) is 2.94. The van der Waals surface area contributed by atoms with Crippen molar-refractivity contribution in [3.63, 3.8) is 0 Å². The number of hydrogen-bond donors (Lipinski definition) is 1. The first-order chi connectivity index (χ1) is 11.5. The number of nitrogens with one attached hydrogen (secondary N) is 1. The molecular formula is C17H19F2N3O2. The highest BCUT2D eigenvalue weighted by Gasteiger charge is 2.26. The van der Waals surface area contributed by atoms with Gasteiger partial charge in [0.05, 0.1) is 13.2 Å². The van der Waals surface area contributed by atoms with Crippen LogP contribution < -0.4 is 5.32 Å². The molecule has 2 aromatic rings. The standard InChI is InChI=1S/C17H19F2N3O2/c1-10(2)22-15-5-6-24-9-13(15)16(21-22)17(23)20-8-11-3-4-12(18)7-14(11)19/h3-4,7,10H,5-6,8-9H2,1-2H3,(H,20,23). The summed E-state index contributed by atoms with van der Waals surface area (Å²) < 4.78 is 33.9. The molecule has 3 rings (SSSR count). The Kier molecular flexibility index (Phi) is 4.62. The molecule has 24 heavy (non-hydrogen) atoms. The van der Waals surface area contributed by atoms with Gasteiger partial charge in [0.15, 0.2) is 5.69 Å².